The zero-order valence-corrected chi connectivity index (χ0v) is 16.6. The fourth-order valence-electron chi connectivity index (χ4n) is 2.36. The van der Waals surface area contributed by atoms with Gasteiger partial charge in [-0.05, 0) is 50.6 Å². The van der Waals surface area contributed by atoms with E-state index in [9.17, 15) is 0 Å². The summed E-state index contributed by atoms with van der Waals surface area (Å²) in [6, 6.07) is 12.6. The zero-order chi connectivity index (χ0) is 17.4. The van der Waals surface area contributed by atoms with Crippen LogP contribution in [0.1, 0.15) is 27.7 Å². The van der Waals surface area contributed by atoms with E-state index in [2.05, 4.69) is 24.3 Å². The molecule has 0 atom stereocenters. The third-order valence-corrected chi connectivity index (χ3v) is 6.63. The fourth-order valence-corrected chi connectivity index (χ4v) is 5.25. The molecule has 0 aliphatic carbocycles. The molecule has 0 fully saturated rings. The van der Waals surface area contributed by atoms with Crippen molar-refractivity contribution >= 4 is 38.1 Å². The molecule has 0 N–H and O–H groups in total. The smallest absolute Gasteiger partial charge is 0.205 e. The molecule has 6 heteroatoms. The highest BCUT2D eigenvalue weighted by molar-refractivity contribution is 7.58. The molecule has 0 spiro atoms. The van der Waals surface area contributed by atoms with Gasteiger partial charge in [0.25, 0.3) is 0 Å². The van der Waals surface area contributed by atoms with Crippen molar-refractivity contribution in [1.82, 2.24) is 0 Å². The molecule has 0 bridgehead atoms. The first-order valence-corrected chi connectivity index (χ1v) is 10.7. The topological polar surface area (TPSA) is 36.9 Å². The van der Waals surface area contributed by atoms with E-state index in [1.165, 1.54) is 0 Å². The quantitative estimate of drug-likeness (QED) is 0.561. The average Bonchev–Trinajstić information content (AvgIpc) is 2.60. The Kier molecular flexibility index (Phi) is 8.55. The SMILES string of the molecule is CCOP(OCC)c1cc(P(OCC)OCC)c2ccccc2c1. The van der Waals surface area contributed by atoms with Crippen molar-refractivity contribution in [3.63, 3.8) is 0 Å². The molecular formula is C18H26O4P2. The molecule has 132 valence electrons. The largest absolute Gasteiger partial charge is 0.331 e. The molecule has 0 aliphatic heterocycles. The van der Waals surface area contributed by atoms with Crippen LogP contribution in [0, 0.1) is 0 Å². The molecule has 0 aromatic heterocycles. The van der Waals surface area contributed by atoms with Crippen LogP contribution in [-0.4, -0.2) is 26.4 Å². The molecule has 0 saturated heterocycles. The predicted molar refractivity (Wildman–Crippen MR) is 104 cm³/mol. The van der Waals surface area contributed by atoms with Crippen LogP contribution in [0.4, 0.5) is 0 Å². The van der Waals surface area contributed by atoms with Gasteiger partial charge in [0.05, 0.1) is 26.4 Å². The highest BCUT2D eigenvalue weighted by Crippen LogP contribution is 2.42. The van der Waals surface area contributed by atoms with E-state index >= 15 is 0 Å². The molecular weight excluding hydrogens is 342 g/mol. The molecule has 4 nitrogen and oxygen atoms in total. The molecule has 24 heavy (non-hydrogen) atoms. The van der Waals surface area contributed by atoms with Gasteiger partial charge in [0.2, 0.25) is 16.8 Å². The molecule has 0 radical (unpaired) electrons. The van der Waals surface area contributed by atoms with E-state index in [1.807, 2.05) is 39.8 Å². The maximum Gasteiger partial charge on any atom is 0.205 e. The standard InChI is InChI=1S/C18H26O4P2/c1-5-19-23(20-6-2)16-13-15-11-9-10-12-17(15)18(14-16)24(21-7-3)22-8-4/h9-14H,5-8H2,1-4H3. The Balaban J connectivity index is 2.54. The highest BCUT2D eigenvalue weighted by Gasteiger charge is 2.21. The first kappa shape index (κ1) is 19.7. The molecule has 0 heterocycles. The minimum Gasteiger partial charge on any atom is -0.331 e. The van der Waals surface area contributed by atoms with E-state index < -0.39 is 16.8 Å². The molecule has 0 unspecified atom stereocenters. The molecule has 0 saturated carbocycles. The van der Waals surface area contributed by atoms with Crippen molar-refractivity contribution in [3.05, 3.63) is 36.4 Å². The van der Waals surface area contributed by atoms with Crippen LogP contribution >= 0.6 is 16.8 Å². The average molecular weight is 368 g/mol. The first-order valence-electron chi connectivity index (χ1n) is 8.39. The Bertz CT molecular complexity index is 623. The van der Waals surface area contributed by atoms with Gasteiger partial charge >= 0.3 is 0 Å². The van der Waals surface area contributed by atoms with Gasteiger partial charge in [-0.2, -0.15) is 0 Å². The second-order valence-electron chi connectivity index (χ2n) is 4.87. The number of hydrogen-bond donors (Lipinski definition) is 0. The van der Waals surface area contributed by atoms with Crippen molar-refractivity contribution in [2.75, 3.05) is 26.4 Å². The number of benzene rings is 2. The Morgan fingerprint density at radius 3 is 1.83 bits per heavy atom. The Labute approximate surface area is 147 Å². The Morgan fingerprint density at radius 1 is 0.708 bits per heavy atom. The number of hydrogen-bond acceptors (Lipinski definition) is 4. The van der Waals surface area contributed by atoms with Crippen LogP contribution in [0.15, 0.2) is 36.4 Å². The molecule has 2 rings (SSSR count). The maximum atomic E-state index is 5.90. The Hall–Kier alpha value is -0.600. The summed E-state index contributed by atoms with van der Waals surface area (Å²) in [6.07, 6.45) is 0. The van der Waals surface area contributed by atoms with Gasteiger partial charge < -0.3 is 18.1 Å². The first-order chi connectivity index (χ1) is 11.7. The third-order valence-electron chi connectivity index (χ3n) is 3.22. The van der Waals surface area contributed by atoms with Crippen LogP contribution in [0.3, 0.4) is 0 Å². The summed E-state index contributed by atoms with van der Waals surface area (Å²) in [4.78, 5) is 0. The highest BCUT2D eigenvalue weighted by atomic mass is 31.2. The minimum atomic E-state index is -1.12. The minimum absolute atomic E-state index is 0.621. The van der Waals surface area contributed by atoms with Crippen LogP contribution < -0.4 is 10.6 Å². The van der Waals surface area contributed by atoms with Gasteiger partial charge in [0.1, 0.15) is 0 Å². The van der Waals surface area contributed by atoms with E-state index in [1.54, 1.807) is 0 Å². The summed E-state index contributed by atoms with van der Waals surface area (Å²) in [6.45, 7) is 10.5. The van der Waals surface area contributed by atoms with Crippen LogP contribution in [0.2, 0.25) is 0 Å². The summed E-state index contributed by atoms with van der Waals surface area (Å²) in [5.41, 5.74) is 0. The van der Waals surface area contributed by atoms with E-state index in [0.717, 1.165) is 21.4 Å². The second-order valence-corrected chi connectivity index (χ2v) is 7.93. The summed E-state index contributed by atoms with van der Waals surface area (Å²) in [5, 5.41) is 4.48. The van der Waals surface area contributed by atoms with Crippen molar-refractivity contribution in [2.45, 2.75) is 27.7 Å². The van der Waals surface area contributed by atoms with Crippen LogP contribution in [0.5, 0.6) is 0 Å². The zero-order valence-electron chi connectivity index (χ0n) is 14.8. The molecule has 2 aromatic rings. The van der Waals surface area contributed by atoms with Crippen LogP contribution in [-0.2, 0) is 18.1 Å². The lowest BCUT2D eigenvalue weighted by Crippen LogP contribution is -2.16. The Morgan fingerprint density at radius 2 is 1.25 bits per heavy atom. The molecule has 0 aliphatic rings. The summed E-state index contributed by atoms with van der Waals surface area (Å²) >= 11 is 0. The van der Waals surface area contributed by atoms with Gasteiger partial charge in [0.15, 0.2) is 0 Å². The van der Waals surface area contributed by atoms with Gasteiger partial charge in [-0.1, -0.05) is 24.3 Å². The monoisotopic (exact) mass is 368 g/mol. The van der Waals surface area contributed by atoms with Crippen molar-refractivity contribution in [3.8, 4) is 0 Å². The lowest BCUT2D eigenvalue weighted by molar-refractivity contribution is 0.277. The van der Waals surface area contributed by atoms with Gasteiger partial charge in [-0.3, -0.25) is 0 Å². The van der Waals surface area contributed by atoms with Gasteiger partial charge in [-0.15, -0.1) is 0 Å². The van der Waals surface area contributed by atoms with Crippen molar-refractivity contribution < 1.29 is 18.1 Å². The summed E-state index contributed by atoms with van der Waals surface area (Å²) < 4.78 is 23.5. The molecule has 2 aromatic carbocycles. The van der Waals surface area contributed by atoms with Crippen LogP contribution in [0.25, 0.3) is 10.8 Å². The fraction of sp³-hybridized carbons (Fsp3) is 0.444. The van der Waals surface area contributed by atoms with Crippen molar-refractivity contribution in [1.29, 1.82) is 0 Å². The van der Waals surface area contributed by atoms with Gasteiger partial charge in [-0.25, -0.2) is 0 Å². The maximum absolute atomic E-state index is 5.90. The molecule has 0 amide bonds. The van der Waals surface area contributed by atoms with Gasteiger partial charge in [0, 0.05) is 10.6 Å². The number of fused-ring (bicyclic) bond motifs is 1. The lowest BCUT2D eigenvalue weighted by Gasteiger charge is -2.21. The van der Waals surface area contributed by atoms with Crippen molar-refractivity contribution in [2.24, 2.45) is 0 Å². The third kappa shape index (κ3) is 4.95. The predicted octanol–water partition coefficient (Wildman–Crippen LogP) is 4.86. The van der Waals surface area contributed by atoms with E-state index in [-0.39, 0.29) is 0 Å². The van der Waals surface area contributed by atoms with E-state index in [4.69, 9.17) is 18.1 Å². The second kappa shape index (κ2) is 10.4. The van der Waals surface area contributed by atoms with E-state index in [0.29, 0.717) is 26.4 Å². The normalized spacial score (nSPS) is 11.8. The summed E-state index contributed by atoms with van der Waals surface area (Å²) in [7, 11) is -2.21. The summed E-state index contributed by atoms with van der Waals surface area (Å²) in [5.74, 6) is 0. The lowest BCUT2D eigenvalue weighted by atomic mass is 10.1. The number of rotatable bonds is 10.